The van der Waals surface area contributed by atoms with E-state index in [2.05, 4.69) is 0 Å². The Morgan fingerprint density at radius 3 is 1.16 bits per heavy atom. The standard InChI is InChI=1S/C34H22O4/c35-33-29(21-31(37-33)27-7-3-1-4-8-27)19-23-11-15-25(16-12-23)26-17-13-24(14-18-26)20-30-22-32(38-34(30)36)28-9-5-2-6-10-28/h1-22H. The van der Waals surface area contributed by atoms with Crippen LogP contribution in [0.25, 0.3) is 34.8 Å². The lowest BCUT2D eigenvalue weighted by Gasteiger charge is -2.04. The van der Waals surface area contributed by atoms with Crippen LogP contribution in [0.4, 0.5) is 0 Å². The van der Waals surface area contributed by atoms with Crippen LogP contribution in [0.15, 0.2) is 132 Å². The first-order chi connectivity index (χ1) is 18.6. The third kappa shape index (κ3) is 4.88. The van der Waals surface area contributed by atoms with Crippen molar-refractivity contribution < 1.29 is 19.1 Å². The van der Waals surface area contributed by atoms with Crippen molar-refractivity contribution in [2.45, 2.75) is 0 Å². The summed E-state index contributed by atoms with van der Waals surface area (Å²) in [6.07, 6.45) is 7.21. The zero-order chi connectivity index (χ0) is 25.9. The molecule has 2 heterocycles. The van der Waals surface area contributed by atoms with Crippen molar-refractivity contribution in [3.8, 4) is 11.1 Å². The van der Waals surface area contributed by atoms with Crippen LogP contribution in [0.2, 0.25) is 0 Å². The minimum absolute atomic E-state index is 0.352. The van der Waals surface area contributed by atoms with Gasteiger partial charge in [-0.3, -0.25) is 0 Å². The van der Waals surface area contributed by atoms with Crippen molar-refractivity contribution in [1.29, 1.82) is 0 Å². The number of esters is 2. The van der Waals surface area contributed by atoms with Crippen LogP contribution in [0.5, 0.6) is 0 Å². The van der Waals surface area contributed by atoms with Crippen molar-refractivity contribution in [1.82, 2.24) is 0 Å². The predicted octanol–water partition coefficient (Wildman–Crippen LogP) is 7.32. The van der Waals surface area contributed by atoms with Crippen LogP contribution >= 0.6 is 0 Å². The highest BCUT2D eigenvalue weighted by molar-refractivity contribution is 6.06. The topological polar surface area (TPSA) is 52.6 Å². The quantitative estimate of drug-likeness (QED) is 0.216. The second-order valence-electron chi connectivity index (χ2n) is 8.97. The molecule has 4 nitrogen and oxygen atoms in total. The maximum atomic E-state index is 12.3. The molecule has 6 rings (SSSR count). The van der Waals surface area contributed by atoms with Crippen LogP contribution in [-0.2, 0) is 19.1 Å². The highest BCUT2D eigenvalue weighted by Gasteiger charge is 2.22. The SMILES string of the molecule is O=C1OC(c2ccccc2)=CC1=Cc1ccc(-c2ccc(C=C3C=C(c4ccccc4)OC3=O)cc2)cc1. The molecule has 0 bridgehead atoms. The second kappa shape index (κ2) is 10.0. The summed E-state index contributed by atoms with van der Waals surface area (Å²) in [5.41, 5.74) is 6.70. The van der Waals surface area contributed by atoms with Gasteiger partial charge < -0.3 is 9.47 Å². The average molecular weight is 495 g/mol. The fourth-order valence-corrected chi connectivity index (χ4v) is 4.37. The minimum atomic E-state index is -0.352. The van der Waals surface area contributed by atoms with E-state index in [1.54, 1.807) is 12.2 Å². The van der Waals surface area contributed by atoms with E-state index in [1.807, 2.05) is 121 Å². The second-order valence-corrected chi connectivity index (χ2v) is 8.97. The molecule has 0 spiro atoms. The first-order valence-corrected chi connectivity index (χ1v) is 12.2. The monoisotopic (exact) mass is 494 g/mol. The average Bonchev–Trinajstić information content (AvgIpc) is 3.52. The van der Waals surface area contributed by atoms with Gasteiger partial charge in [0, 0.05) is 11.1 Å². The number of cyclic esters (lactones) is 2. The largest absolute Gasteiger partial charge is 0.422 e. The highest BCUT2D eigenvalue weighted by atomic mass is 16.5. The lowest BCUT2D eigenvalue weighted by Crippen LogP contribution is -1.97. The third-order valence-corrected chi connectivity index (χ3v) is 6.37. The number of hydrogen-bond donors (Lipinski definition) is 0. The normalized spacial score (nSPS) is 16.8. The molecule has 182 valence electrons. The lowest BCUT2D eigenvalue weighted by atomic mass is 10.0. The molecule has 4 heteroatoms. The molecule has 0 aliphatic carbocycles. The number of hydrogen-bond acceptors (Lipinski definition) is 4. The maximum absolute atomic E-state index is 12.3. The Labute approximate surface area is 220 Å². The number of carbonyl (C=O) groups excluding carboxylic acids is 2. The lowest BCUT2D eigenvalue weighted by molar-refractivity contribution is -0.131. The van der Waals surface area contributed by atoms with E-state index < -0.39 is 0 Å². The predicted molar refractivity (Wildman–Crippen MR) is 149 cm³/mol. The van der Waals surface area contributed by atoms with Crippen molar-refractivity contribution >= 4 is 35.6 Å². The van der Waals surface area contributed by atoms with Crippen molar-refractivity contribution in [2.75, 3.05) is 0 Å². The van der Waals surface area contributed by atoms with E-state index in [1.165, 1.54) is 0 Å². The zero-order valence-electron chi connectivity index (χ0n) is 20.3. The van der Waals surface area contributed by atoms with Gasteiger partial charge in [-0.2, -0.15) is 0 Å². The Bertz CT molecular complexity index is 1510. The fraction of sp³-hybridized carbons (Fsp3) is 0. The van der Waals surface area contributed by atoms with Crippen molar-refractivity contribution in [3.05, 3.63) is 155 Å². The van der Waals surface area contributed by atoms with Gasteiger partial charge in [-0.15, -0.1) is 0 Å². The van der Waals surface area contributed by atoms with Gasteiger partial charge in [-0.25, -0.2) is 9.59 Å². The summed E-state index contributed by atoms with van der Waals surface area (Å²) in [4.78, 5) is 24.7. The first-order valence-electron chi connectivity index (χ1n) is 12.2. The van der Waals surface area contributed by atoms with E-state index in [4.69, 9.17) is 9.47 Å². The van der Waals surface area contributed by atoms with Crippen molar-refractivity contribution in [2.24, 2.45) is 0 Å². The smallest absolute Gasteiger partial charge is 0.343 e. The number of benzene rings is 4. The number of carbonyl (C=O) groups is 2. The van der Waals surface area contributed by atoms with Gasteiger partial charge in [0.25, 0.3) is 0 Å². The van der Waals surface area contributed by atoms with Gasteiger partial charge in [-0.05, 0) is 46.6 Å². The molecule has 0 fully saturated rings. The summed E-state index contributed by atoms with van der Waals surface area (Å²) in [5.74, 6) is 0.418. The van der Waals surface area contributed by atoms with Gasteiger partial charge in [0.15, 0.2) is 0 Å². The van der Waals surface area contributed by atoms with Crippen molar-refractivity contribution in [3.63, 3.8) is 0 Å². The molecule has 0 N–H and O–H groups in total. The van der Waals surface area contributed by atoms with Gasteiger partial charge in [0.1, 0.15) is 11.5 Å². The minimum Gasteiger partial charge on any atom is -0.422 e. The van der Waals surface area contributed by atoms with Crippen LogP contribution in [-0.4, -0.2) is 11.9 Å². The first kappa shape index (κ1) is 23.2. The summed E-state index contributed by atoms with van der Waals surface area (Å²) in [7, 11) is 0. The Kier molecular flexibility index (Phi) is 6.12. The molecule has 4 aromatic rings. The molecule has 0 saturated carbocycles. The molecule has 38 heavy (non-hydrogen) atoms. The molecule has 0 radical (unpaired) electrons. The molecule has 0 amide bonds. The van der Waals surface area contributed by atoms with E-state index >= 15 is 0 Å². The summed E-state index contributed by atoms with van der Waals surface area (Å²) >= 11 is 0. The van der Waals surface area contributed by atoms with Gasteiger partial charge in [0.2, 0.25) is 0 Å². The summed E-state index contributed by atoms with van der Waals surface area (Å²) in [6, 6.07) is 35.1. The molecule has 2 aliphatic rings. The molecular formula is C34H22O4. The van der Waals surface area contributed by atoms with Crippen LogP contribution in [0.3, 0.4) is 0 Å². The van der Waals surface area contributed by atoms with Crippen LogP contribution in [0, 0.1) is 0 Å². The molecule has 0 aromatic heterocycles. The summed E-state index contributed by atoms with van der Waals surface area (Å²) in [5, 5.41) is 0. The van der Waals surface area contributed by atoms with Gasteiger partial charge in [0.05, 0.1) is 11.1 Å². The molecule has 2 aliphatic heterocycles. The highest BCUT2D eigenvalue weighted by Crippen LogP contribution is 2.29. The van der Waals surface area contributed by atoms with E-state index in [9.17, 15) is 9.59 Å². The van der Waals surface area contributed by atoms with Crippen LogP contribution < -0.4 is 0 Å². The summed E-state index contributed by atoms with van der Waals surface area (Å²) in [6.45, 7) is 0. The molecule has 4 aromatic carbocycles. The van der Waals surface area contributed by atoms with Crippen LogP contribution in [0.1, 0.15) is 22.3 Å². The van der Waals surface area contributed by atoms with Gasteiger partial charge in [-0.1, -0.05) is 109 Å². The Morgan fingerprint density at radius 2 is 0.789 bits per heavy atom. The Hall–Kier alpha value is -5.22. The number of rotatable bonds is 5. The fourth-order valence-electron chi connectivity index (χ4n) is 4.37. The van der Waals surface area contributed by atoms with E-state index in [-0.39, 0.29) is 11.9 Å². The van der Waals surface area contributed by atoms with E-state index in [0.29, 0.717) is 22.7 Å². The third-order valence-electron chi connectivity index (χ3n) is 6.37. The number of ether oxygens (including phenoxy) is 2. The summed E-state index contributed by atoms with van der Waals surface area (Å²) < 4.78 is 10.9. The molecule has 0 unspecified atom stereocenters. The Morgan fingerprint density at radius 1 is 0.421 bits per heavy atom. The molecular weight excluding hydrogens is 472 g/mol. The van der Waals surface area contributed by atoms with Gasteiger partial charge >= 0.3 is 11.9 Å². The Balaban J connectivity index is 1.17. The van der Waals surface area contributed by atoms with E-state index in [0.717, 1.165) is 33.4 Å². The molecule has 0 atom stereocenters. The molecule has 0 saturated heterocycles. The zero-order valence-corrected chi connectivity index (χ0v) is 20.3. The maximum Gasteiger partial charge on any atom is 0.343 e.